The molecule has 0 spiro atoms. The Kier molecular flexibility index (Phi) is 4.98. The van der Waals surface area contributed by atoms with Gasteiger partial charge in [-0.2, -0.15) is 4.98 Å². The van der Waals surface area contributed by atoms with Crippen molar-refractivity contribution in [1.29, 1.82) is 0 Å². The van der Waals surface area contributed by atoms with Crippen molar-refractivity contribution >= 4 is 23.2 Å². The number of hydrogen-bond donors (Lipinski definition) is 1. The highest BCUT2D eigenvalue weighted by molar-refractivity contribution is 6.42. The summed E-state index contributed by atoms with van der Waals surface area (Å²) in [6, 6.07) is 5.52. The number of aliphatic hydroxyl groups is 1. The monoisotopic (exact) mass is 341 g/mol. The molecule has 1 aliphatic rings. The fraction of sp³-hybridized carbons (Fsp3) is 0.467. The maximum Gasteiger partial charge on any atom is 0.240 e. The van der Waals surface area contributed by atoms with Gasteiger partial charge in [0.05, 0.1) is 23.2 Å². The molecule has 1 aromatic carbocycles. The third-order valence-electron chi connectivity index (χ3n) is 3.59. The van der Waals surface area contributed by atoms with E-state index in [4.69, 9.17) is 27.7 Å². The van der Waals surface area contributed by atoms with Gasteiger partial charge in [0.2, 0.25) is 5.89 Å². The summed E-state index contributed by atoms with van der Waals surface area (Å²) >= 11 is 12.0. The van der Waals surface area contributed by atoms with E-state index < -0.39 is 0 Å². The zero-order chi connectivity index (χ0) is 15.5. The molecule has 1 N–H and O–H groups in total. The Morgan fingerprint density at radius 1 is 1.23 bits per heavy atom. The second kappa shape index (κ2) is 6.96. The van der Waals surface area contributed by atoms with Crippen LogP contribution in [0.25, 0.3) is 0 Å². The minimum atomic E-state index is 0.0605. The molecule has 0 unspecified atom stereocenters. The lowest BCUT2D eigenvalue weighted by Gasteiger charge is -2.19. The molecule has 118 valence electrons. The molecule has 2 aromatic rings. The number of aliphatic hydroxyl groups excluding tert-OH is 1. The first-order valence-electron chi connectivity index (χ1n) is 7.25. The van der Waals surface area contributed by atoms with E-state index in [0.29, 0.717) is 41.5 Å². The first-order chi connectivity index (χ1) is 10.7. The zero-order valence-corrected chi connectivity index (χ0v) is 13.5. The van der Waals surface area contributed by atoms with Crippen LogP contribution in [0.5, 0.6) is 0 Å². The highest BCUT2D eigenvalue weighted by Crippen LogP contribution is 2.38. The molecule has 1 fully saturated rings. The molecule has 5 nitrogen and oxygen atoms in total. The minimum Gasteiger partial charge on any atom is -0.395 e. The van der Waals surface area contributed by atoms with Crippen LogP contribution in [0.15, 0.2) is 22.7 Å². The van der Waals surface area contributed by atoms with Crippen molar-refractivity contribution in [2.75, 3.05) is 13.2 Å². The van der Waals surface area contributed by atoms with Gasteiger partial charge in [-0.05, 0) is 30.5 Å². The van der Waals surface area contributed by atoms with E-state index >= 15 is 0 Å². The standard InChI is InChI=1S/C15H17Cl2N3O2/c16-12-4-1-10(7-13(12)17)8-20(5-6-21)9-14-18-15(19-22-14)11-2-3-11/h1,4,7,11,21H,2-3,5-6,8-9H2. The predicted molar refractivity (Wildman–Crippen MR) is 83.9 cm³/mol. The van der Waals surface area contributed by atoms with E-state index in [0.717, 1.165) is 24.2 Å². The Hall–Kier alpha value is -1.14. The molecular formula is C15H17Cl2N3O2. The number of halogens is 2. The maximum atomic E-state index is 9.24. The smallest absolute Gasteiger partial charge is 0.240 e. The SMILES string of the molecule is OCCN(Cc1ccc(Cl)c(Cl)c1)Cc1nc(C2CC2)no1. The topological polar surface area (TPSA) is 62.4 Å². The summed E-state index contributed by atoms with van der Waals surface area (Å²) in [5.74, 6) is 1.85. The summed E-state index contributed by atoms with van der Waals surface area (Å²) in [7, 11) is 0. The van der Waals surface area contributed by atoms with E-state index in [1.807, 2.05) is 17.0 Å². The van der Waals surface area contributed by atoms with Crippen LogP contribution in [0, 0.1) is 0 Å². The van der Waals surface area contributed by atoms with Crippen LogP contribution in [0.1, 0.15) is 36.0 Å². The lowest BCUT2D eigenvalue weighted by molar-refractivity contribution is 0.167. The first kappa shape index (κ1) is 15.7. The van der Waals surface area contributed by atoms with E-state index in [2.05, 4.69) is 10.1 Å². The highest BCUT2D eigenvalue weighted by atomic mass is 35.5. The van der Waals surface area contributed by atoms with Crippen LogP contribution in [0.2, 0.25) is 10.0 Å². The highest BCUT2D eigenvalue weighted by Gasteiger charge is 2.29. The number of aromatic nitrogens is 2. The van der Waals surface area contributed by atoms with Crippen molar-refractivity contribution in [3.05, 3.63) is 45.5 Å². The lowest BCUT2D eigenvalue weighted by Crippen LogP contribution is -2.26. The predicted octanol–water partition coefficient (Wildman–Crippen LogP) is 3.25. The van der Waals surface area contributed by atoms with Gasteiger partial charge in [0, 0.05) is 19.0 Å². The van der Waals surface area contributed by atoms with Crippen LogP contribution in [0.4, 0.5) is 0 Å². The summed E-state index contributed by atoms with van der Waals surface area (Å²) in [6.45, 7) is 1.70. The van der Waals surface area contributed by atoms with E-state index in [9.17, 15) is 5.11 Å². The molecule has 0 bridgehead atoms. The quantitative estimate of drug-likeness (QED) is 0.837. The lowest BCUT2D eigenvalue weighted by atomic mass is 10.2. The zero-order valence-electron chi connectivity index (χ0n) is 12.0. The minimum absolute atomic E-state index is 0.0605. The summed E-state index contributed by atoms with van der Waals surface area (Å²) in [4.78, 5) is 6.45. The summed E-state index contributed by atoms with van der Waals surface area (Å²) < 4.78 is 5.29. The molecule has 0 radical (unpaired) electrons. The molecule has 1 aliphatic carbocycles. The summed E-state index contributed by atoms with van der Waals surface area (Å²) in [6.07, 6.45) is 2.28. The van der Waals surface area contributed by atoms with Crippen LogP contribution >= 0.6 is 23.2 Å². The molecule has 22 heavy (non-hydrogen) atoms. The fourth-order valence-electron chi connectivity index (χ4n) is 2.28. The van der Waals surface area contributed by atoms with Gasteiger partial charge in [0.15, 0.2) is 5.82 Å². The Balaban J connectivity index is 1.66. The van der Waals surface area contributed by atoms with E-state index in [1.54, 1.807) is 6.07 Å². The molecule has 1 aromatic heterocycles. The average molecular weight is 342 g/mol. The molecule has 0 saturated heterocycles. The largest absolute Gasteiger partial charge is 0.395 e. The van der Waals surface area contributed by atoms with Crippen molar-refractivity contribution in [2.45, 2.75) is 31.8 Å². The molecule has 7 heteroatoms. The van der Waals surface area contributed by atoms with Gasteiger partial charge in [-0.15, -0.1) is 0 Å². The van der Waals surface area contributed by atoms with Crippen LogP contribution in [-0.2, 0) is 13.1 Å². The molecule has 3 rings (SSSR count). The van der Waals surface area contributed by atoms with Crippen LogP contribution < -0.4 is 0 Å². The molecule has 1 heterocycles. The van der Waals surface area contributed by atoms with Gasteiger partial charge in [-0.3, -0.25) is 4.90 Å². The molecule has 0 atom stereocenters. The second-order valence-corrected chi connectivity index (χ2v) is 6.32. The normalized spacial score (nSPS) is 14.7. The first-order valence-corrected chi connectivity index (χ1v) is 8.01. The van der Waals surface area contributed by atoms with Crippen molar-refractivity contribution in [2.24, 2.45) is 0 Å². The van der Waals surface area contributed by atoms with Gasteiger partial charge >= 0.3 is 0 Å². The Bertz CT molecular complexity index is 643. The van der Waals surface area contributed by atoms with Gasteiger partial charge in [0.1, 0.15) is 0 Å². The average Bonchev–Trinajstić information content (AvgIpc) is 3.24. The number of hydrogen-bond acceptors (Lipinski definition) is 5. The van der Waals surface area contributed by atoms with Gasteiger partial charge in [0.25, 0.3) is 0 Å². The maximum absolute atomic E-state index is 9.24. The number of rotatable bonds is 7. The van der Waals surface area contributed by atoms with Gasteiger partial charge in [-0.1, -0.05) is 34.4 Å². The fourth-order valence-corrected chi connectivity index (χ4v) is 2.60. The summed E-state index contributed by atoms with van der Waals surface area (Å²) in [5.41, 5.74) is 1.02. The van der Waals surface area contributed by atoms with Gasteiger partial charge < -0.3 is 9.63 Å². The van der Waals surface area contributed by atoms with E-state index in [1.165, 1.54) is 0 Å². The number of nitrogens with zero attached hydrogens (tertiary/aromatic N) is 3. The van der Waals surface area contributed by atoms with Crippen molar-refractivity contribution in [3.63, 3.8) is 0 Å². The van der Waals surface area contributed by atoms with Crippen molar-refractivity contribution in [3.8, 4) is 0 Å². The molecule has 0 aliphatic heterocycles. The van der Waals surface area contributed by atoms with Crippen LogP contribution in [-0.4, -0.2) is 33.3 Å². The van der Waals surface area contributed by atoms with Crippen molar-refractivity contribution < 1.29 is 9.63 Å². The van der Waals surface area contributed by atoms with Gasteiger partial charge in [-0.25, -0.2) is 0 Å². The number of benzene rings is 1. The molecule has 1 saturated carbocycles. The Morgan fingerprint density at radius 2 is 2.05 bits per heavy atom. The van der Waals surface area contributed by atoms with Crippen molar-refractivity contribution in [1.82, 2.24) is 15.0 Å². The third kappa shape index (κ3) is 3.98. The molecular weight excluding hydrogens is 325 g/mol. The second-order valence-electron chi connectivity index (χ2n) is 5.50. The van der Waals surface area contributed by atoms with E-state index in [-0.39, 0.29) is 6.61 Å². The third-order valence-corrected chi connectivity index (χ3v) is 4.33. The molecule has 0 amide bonds. The Morgan fingerprint density at radius 3 is 2.73 bits per heavy atom. The van der Waals surface area contributed by atoms with Crippen LogP contribution in [0.3, 0.4) is 0 Å². The summed E-state index contributed by atoms with van der Waals surface area (Å²) in [5, 5.41) is 14.3. The Labute approximate surface area is 138 Å².